The van der Waals surface area contributed by atoms with Crippen LogP contribution in [0.15, 0.2) is 50.1 Å². The van der Waals surface area contributed by atoms with Gasteiger partial charge < -0.3 is 14.5 Å². The van der Waals surface area contributed by atoms with Gasteiger partial charge in [-0.05, 0) is 37.6 Å². The minimum absolute atomic E-state index is 0.122. The highest BCUT2D eigenvalue weighted by Gasteiger charge is 2.18. The van der Waals surface area contributed by atoms with Crippen molar-refractivity contribution in [2.45, 2.75) is 26.4 Å². The monoisotopic (exact) mass is 418 g/mol. The van der Waals surface area contributed by atoms with Crippen molar-refractivity contribution >= 4 is 32.9 Å². The number of aryl methyl sites for hydroxylation is 1. The Morgan fingerprint density at radius 3 is 2.77 bits per heavy atom. The number of halogens is 1. The standard InChI is InChI=1S/C19H19BrN2O4/c1-11-14(20)8-9-16-18(11)22(19(24)26-16)10-17(23)21-12(2)13-6-4-5-7-15(13)25-3/h4-9,12H,10H2,1-3H3,(H,21,23)/t12-/m0/s1. The number of hydrogen-bond acceptors (Lipinski definition) is 4. The van der Waals surface area contributed by atoms with Crippen molar-refractivity contribution in [2.75, 3.05) is 7.11 Å². The number of ether oxygens (including phenoxy) is 1. The highest BCUT2D eigenvalue weighted by Crippen LogP contribution is 2.26. The predicted molar refractivity (Wildman–Crippen MR) is 102 cm³/mol. The van der Waals surface area contributed by atoms with Gasteiger partial charge in [0.15, 0.2) is 5.58 Å². The Balaban J connectivity index is 1.85. The van der Waals surface area contributed by atoms with E-state index in [1.54, 1.807) is 13.2 Å². The molecule has 0 saturated carbocycles. The number of aromatic nitrogens is 1. The molecule has 7 heteroatoms. The first kappa shape index (κ1) is 18.3. The maximum atomic E-state index is 12.5. The molecule has 0 unspecified atom stereocenters. The van der Waals surface area contributed by atoms with Crippen LogP contribution in [0, 0.1) is 6.92 Å². The predicted octanol–water partition coefficient (Wildman–Crippen LogP) is 3.55. The molecule has 0 bridgehead atoms. The van der Waals surface area contributed by atoms with Gasteiger partial charge in [0.25, 0.3) is 0 Å². The molecule has 0 saturated heterocycles. The molecule has 0 aliphatic heterocycles. The zero-order valence-electron chi connectivity index (χ0n) is 14.7. The van der Waals surface area contributed by atoms with Crippen LogP contribution in [0.2, 0.25) is 0 Å². The summed E-state index contributed by atoms with van der Waals surface area (Å²) in [6, 6.07) is 10.7. The number of carbonyl (C=O) groups is 1. The van der Waals surface area contributed by atoms with E-state index in [4.69, 9.17) is 9.15 Å². The molecule has 2 aromatic carbocycles. The van der Waals surface area contributed by atoms with Crippen molar-refractivity contribution in [1.82, 2.24) is 9.88 Å². The second-order valence-electron chi connectivity index (χ2n) is 6.00. The van der Waals surface area contributed by atoms with Crippen molar-refractivity contribution in [3.8, 4) is 5.75 Å². The van der Waals surface area contributed by atoms with Gasteiger partial charge in [-0.3, -0.25) is 9.36 Å². The summed E-state index contributed by atoms with van der Waals surface area (Å²) in [4.78, 5) is 24.7. The molecular formula is C19H19BrN2O4. The largest absolute Gasteiger partial charge is 0.496 e. The summed E-state index contributed by atoms with van der Waals surface area (Å²) in [6.45, 7) is 3.61. The number of fused-ring (bicyclic) bond motifs is 1. The van der Waals surface area contributed by atoms with Gasteiger partial charge in [-0.1, -0.05) is 34.1 Å². The number of nitrogens with zero attached hydrogens (tertiary/aromatic N) is 1. The summed E-state index contributed by atoms with van der Waals surface area (Å²) < 4.78 is 12.8. The van der Waals surface area contributed by atoms with Crippen LogP contribution < -0.4 is 15.8 Å². The Morgan fingerprint density at radius 2 is 2.04 bits per heavy atom. The third-order valence-electron chi connectivity index (χ3n) is 4.30. The molecular weight excluding hydrogens is 400 g/mol. The van der Waals surface area contributed by atoms with E-state index in [2.05, 4.69) is 21.2 Å². The van der Waals surface area contributed by atoms with Crippen molar-refractivity contribution in [2.24, 2.45) is 0 Å². The highest BCUT2D eigenvalue weighted by molar-refractivity contribution is 9.10. The molecule has 26 heavy (non-hydrogen) atoms. The van der Waals surface area contributed by atoms with E-state index in [0.29, 0.717) is 16.8 Å². The van der Waals surface area contributed by atoms with E-state index in [1.165, 1.54) is 4.57 Å². The van der Waals surface area contributed by atoms with Crippen LogP contribution in [0.25, 0.3) is 11.1 Å². The van der Waals surface area contributed by atoms with Gasteiger partial charge >= 0.3 is 5.76 Å². The van der Waals surface area contributed by atoms with Crippen LogP contribution in [-0.2, 0) is 11.3 Å². The number of methoxy groups -OCH3 is 1. The summed E-state index contributed by atoms with van der Waals surface area (Å²) >= 11 is 3.44. The second-order valence-corrected chi connectivity index (χ2v) is 6.86. The van der Waals surface area contributed by atoms with E-state index in [-0.39, 0.29) is 18.5 Å². The van der Waals surface area contributed by atoms with Gasteiger partial charge in [0.2, 0.25) is 5.91 Å². The number of nitrogens with one attached hydrogen (secondary N) is 1. The number of hydrogen-bond donors (Lipinski definition) is 1. The SMILES string of the molecule is COc1ccccc1[C@H](C)NC(=O)Cn1c(=O)oc2ccc(Br)c(C)c21. The lowest BCUT2D eigenvalue weighted by Gasteiger charge is -2.17. The number of benzene rings is 2. The Bertz CT molecular complexity index is 1020. The van der Waals surface area contributed by atoms with E-state index in [9.17, 15) is 9.59 Å². The zero-order chi connectivity index (χ0) is 18.8. The molecule has 0 fully saturated rings. The smallest absolute Gasteiger partial charge is 0.420 e. The first-order chi connectivity index (χ1) is 12.4. The Kier molecular flexibility index (Phi) is 5.18. The minimum atomic E-state index is -0.554. The maximum absolute atomic E-state index is 12.5. The van der Waals surface area contributed by atoms with Crippen molar-refractivity contribution < 1.29 is 13.9 Å². The molecule has 0 aliphatic rings. The first-order valence-electron chi connectivity index (χ1n) is 8.13. The third kappa shape index (κ3) is 3.39. The molecule has 136 valence electrons. The summed E-state index contributed by atoms with van der Waals surface area (Å²) in [5, 5.41) is 2.90. The Hall–Kier alpha value is -2.54. The molecule has 1 aromatic heterocycles. The molecule has 0 aliphatic carbocycles. The summed E-state index contributed by atoms with van der Waals surface area (Å²) in [5.41, 5.74) is 2.79. The lowest BCUT2D eigenvalue weighted by Crippen LogP contribution is -2.32. The number of para-hydroxylation sites is 1. The Morgan fingerprint density at radius 1 is 1.31 bits per heavy atom. The molecule has 1 amide bonds. The minimum Gasteiger partial charge on any atom is -0.496 e. The van der Waals surface area contributed by atoms with Gasteiger partial charge in [0, 0.05) is 10.0 Å². The van der Waals surface area contributed by atoms with Gasteiger partial charge in [0.05, 0.1) is 18.7 Å². The van der Waals surface area contributed by atoms with Gasteiger partial charge in [-0.15, -0.1) is 0 Å². The molecule has 1 N–H and O–H groups in total. The number of oxazole rings is 1. The molecule has 6 nitrogen and oxygen atoms in total. The average molecular weight is 419 g/mol. The molecule has 1 heterocycles. The van der Waals surface area contributed by atoms with Crippen LogP contribution >= 0.6 is 15.9 Å². The van der Waals surface area contributed by atoms with Crippen LogP contribution in [0.1, 0.15) is 24.1 Å². The lowest BCUT2D eigenvalue weighted by atomic mass is 10.1. The fourth-order valence-electron chi connectivity index (χ4n) is 2.99. The zero-order valence-corrected chi connectivity index (χ0v) is 16.3. The van der Waals surface area contributed by atoms with Crippen LogP contribution in [0.4, 0.5) is 0 Å². The quantitative estimate of drug-likeness (QED) is 0.687. The highest BCUT2D eigenvalue weighted by atomic mass is 79.9. The topological polar surface area (TPSA) is 73.5 Å². The van der Waals surface area contributed by atoms with Crippen molar-refractivity contribution in [3.05, 3.63) is 62.5 Å². The van der Waals surface area contributed by atoms with E-state index >= 15 is 0 Å². The summed E-state index contributed by atoms with van der Waals surface area (Å²) in [5.74, 6) is -0.139. The van der Waals surface area contributed by atoms with E-state index in [1.807, 2.05) is 44.2 Å². The number of carbonyl (C=O) groups excluding carboxylic acids is 1. The van der Waals surface area contributed by atoms with Crippen LogP contribution in [-0.4, -0.2) is 17.6 Å². The third-order valence-corrected chi connectivity index (χ3v) is 5.16. The molecule has 0 radical (unpaired) electrons. The number of rotatable bonds is 5. The maximum Gasteiger partial charge on any atom is 0.420 e. The fourth-order valence-corrected chi connectivity index (χ4v) is 3.31. The van der Waals surface area contributed by atoms with E-state index in [0.717, 1.165) is 15.6 Å². The van der Waals surface area contributed by atoms with Crippen molar-refractivity contribution in [3.63, 3.8) is 0 Å². The van der Waals surface area contributed by atoms with Gasteiger partial charge in [-0.25, -0.2) is 4.79 Å². The summed E-state index contributed by atoms with van der Waals surface area (Å²) in [6.07, 6.45) is 0. The molecule has 1 atom stereocenters. The van der Waals surface area contributed by atoms with Crippen molar-refractivity contribution in [1.29, 1.82) is 0 Å². The second kappa shape index (κ2) is 7.37. The number of amides is 1. The van der Waals surface area contributed by atoms with E-state index < -0.39 is 5.76 Å². The van der Waals surface area contributed by atoms with Gasteiger partial charge in [-0.2, -0.15) is 0 Å². The fraction of sp³-hybridized carbons (Fsp3) is 0.263. The average Bonchev–Trinajstić information content (AvgIpc) is 2.94. The van der Waals surface area contributed by atoms with Crippen LogP contribution in [0.5, 0.6) is 5.75 Å². The molecule has 3 aromatic rings. The summed E-state index contributed by atoms with van der Waals surface area (Å²) in [7, 11) is 1.59. The Labute approximate surface area is 158 Å². The first-order valence-corrected chi connectivity index (χ1v) is 8.92. The molecule has 0 spiro atoms. The van der Waals surface area contributed by atoms with Crippen LogP contribution in [0.3, 0.4) is 0 Å². The normalized spacial score (nSPS) is 12.2. The molecule has 3 rings (SSSR count). The lowest BCUT2D eigenvalue weighted by molar-refractivity contribution is -0.122. The van der Waals surface area contributed by atoms with Gasteiger partial charge in [0.1, 0.15) is 12.3 Å².